The van der Waals surface area contributed by atoms with Gasteiger partial charge in [0.15, 0.2) is 0 Å². The van der Waals surface area contributed by atoms with Crippen LogP contribution in [-0.4, -0.2) is 41.1 Å². The first-order chi connectivity index (χ1) is 12.9. The molecule has 1 aromatic rings. The number of nitrogens with zero attached hydrogens (tertiary/aromatic N) is 1. The number of ether oxygens (including phenoxy) is 1. The molecule has 3 rings (SSSR count). The highest BCUT2D eigenvalue weighted by Crippen LogP contribution is 2.43. The van der Waals surface area contributed by atoms with Gasteiger partial charge >= 0.3 is 0 Å². The fourth-order valence-electron chi connectivity index (χ4n) is 4.06. The average molecular weight is 373 g/mol. The maximum atomic E-state index is 13.4. The van der Waals surface area contributed by atoms with Gasteiger partial charge in [0.2, 0.25) is 5.91 Å². The molecule has 27 heavy (non-hydrogen) atoms. The van der Waals surface area contributed by atoms with E-state index >= 15 is 0 Å². The molecule has 2 aliphatic rings. The number of benzene rings is 1. The van der Waals surface area contributed by atoms with Crippen molar-refractivity contribution in [3.8, 4) is 0 Å². The Kier molecular flexibility index (Phi) is 5.89. The molecule has 1 spiro atoms. The molecule has 148 valence electrons. The van der Waals surface area contributed by atoms with Gasteiger partial charge in [-0.1, -0.05) is 31.5 Å². The number of nitrogens with one attached hydrogen (secondary N) is 1. The summed E-state index contributed by atoms with van der Waals surface area (Å²) in [5.74, 6) is 0.412. The van der Waals surface area contributed by atoms with E-state index in [1.807, 2.05) is 45.0 Å². The van der Waals surface area contributed by atoms with Crippen LogP contribution >= 0.6 is 0 Å². The number of hydrogen-bond donors (Lipinski definition) is 1. The van der Waals surface area contributed by atoms with Gasteiger partial charge in [-0.2, -0.15) is 0 Å². The smallest absolute Gasteiger partial charge is 0.256 e. The van der Waals surface area contributed by atoms with E-state index in [-0.39, 0.29) is 24.5 Å². The monoisotopic (exact) mass is 372 g/mol. The standard InChI is InChI=1S/C22H32N2O3/c1-5-17(4)23-20(25)19-14-27-22(12-10-16(3)11-13-22)24(19)21(26)18-8-6-15(2)7-9-18/h6-9,16-17,19H,5,10-14H2,1-4H3,(H,23,25). The van der Waals surface area contributed by atoms with Crippen LogP contribution in [0.2, 0.25) is 0 Å². The summed E-state index contributed by atoms with van der Waals surface area (Å²) < 4.78 is 6.20. The average Bonchev–Trinajstić information content (AvgIpc) is 3.03. The molecule has 2 amide bonds. The number of carbonyl (C=O) groups is 2. The first-order valence-corrected chi connectivity index (χ1v) is 10.2. The van der Waals surface area contributed by atoms with Crippen molar-refractivity contribution in [3.05, 3.63) is 35.4 Å². The van der Waals surface area contributed by atoms with E-state index in [9.17, 15) is 9.59 Å². The van der Waals surface area contributed by atoms with Crippen LogP contribution in [0.5, 0.6) is 0 Å². The summed E-state index contributed by atoms with van der Waals surface area (Å²) in [4.78, 5) is 28.1. The summed E-state index contributed by atoms with van der Waals surface area (Å²) in [5.41, 5.74) is 1.08. The Morgan fingerprint density at radius 1 is 1.26 bits per heavy atom. The largest absolute Gasteiger partial charge is 0.353 e. The van der Waals surface area contributed by atoms with Gasteiger partial charge in [0.1, 0.15) is 11.8 Å². The summed E-state index contributed by atoms with van der Waals surface area (Å²) in [5, 5.41) is 3.03. The van der Waals surface area contributed by atoms with Gasteiger partial charge < -0.3 is 10.1 Å². The lowest BCUT2D eigenvalue weighted by atomic mass is 9.83. The summed E-state index contributed by atoms with van der Waals surface area (Å²) in [6.07, 6.45) is 4.46. The third-order valence-electron chi connectivity index (χ3n) is 6.14. The van der Waals surface area contributed by atoms with E-state index in [4.69, 9.17) is 4.74 Å². The van der Waals surface area contributed by atoms with Crippen molar-refractivity contribution in [2.24, 2.45) is 5.92 Å². The zero-order valence-electron chi connectivity index (χ0n) is 17.0. The molecule has 1 saturated carbocycles. The van der Waals surface area contributed by atoms with Gasteiger partial charge in [0, 0.05) is 11.6 Å². The lowest BCUT2D eigenvalue weighted by Crippen LogP contribution is -2.57. The van der Waals surface area contributed by atoms with E-state index in [0.717, 1.165) is 37.7 Å². The number of rotatable bonds is 4. The van der Waals surface area contributed by atoms with E-state index < -0.39 is 11.8 Å². The zero-order chi connectivity index (χ0) is 19.6. The summed E-state index contributed by atoms with van der Waals surface area (Å²) in [6.45, 7) is 8.53. The lowest BCUT2D eigenvalue weighted by Gasteiger charge is -2.43. The Bertz CT molecular complexity index is 677. The van der Waals surface area contributed by atoms with E-state index in [1.165, 1.54) is 0 Å². The van der Waals surface area contributed by atoms with Crippen molar-refractivity contribution in [3.63, 3.8) is 0 Å². The molecule has 1 heterocycles. The second-order valence-electron chi connectivity index (χ2n) is 8.31. The van der Waals surface area contributed by atoms with Crippen LogP contribution in [-0.2, 0) is 9.53 Å². The Morgan fingerprint density at radius 2 is 1.89 bits per heavy atom. The fraction of sp³-hybridized carbons (Fsp3) is 0.636. The molecular formula is C22H32N2O3. The van der Waals surface area contributed by atoms with E-state index in [0.29, 0.717) is 11.5 Å². The van der Waals surface area contributed by atoms with Crippen LogP contribution < -0.4 is 5.32 Å². The van der Waals surface area contributed by atoms with Gasteiger partial charge in [0.05, 0.1) is 6.61 Å². The first kappa shape index (κ1) is 19.9. The second-order valence-corrected chi connectivity index (χ2v) is 8.31. The van der Waals surface area contributed by atoms with Gasteiger partial charge in [-0.3, -0.25) is 14.5 Å². The highest BCUT2D eigenvalue weighted by atomic mass is 16.5. The first-order valence-electron chi connectivity index (χ1n) is 10.2. The van der Waals surface area contributed by atoms with Gasteiger partial charge in [-0.05, 0) is 64.0 Å². The third kappa shape index (κ3) is 4.03. The molecule has 2 unspecified atom stereocenters. The highest BCUT2D eigenvalue weighted by Gasteiger charge is 2.53. The van der Waals surface area contributed by atoms with E-state index in [1.54, 1.807) is 4.90 Å². The van der Waals surface area contributed by atoms with Crippen molar-refractivity contribution < 1.29 is 14.3 Å². The lowest BCUT2D eigenvalue weighted by molar-refractivity contribution is -0.128. The Labute approximate surface area is 162 Å². The Balaban J connectivity index is 1.90. The minimum Gasteiger partial charge on any atom is -0.353 e. The Hall–Kier alpha value is -1.88. The molecule has 0 bridgehead atoms. The quantitative estimate of drug-likeness (QED) is 0.877. The van der Waals surface area contributed by atoms with Crippen molar-refractivity contribution in [2.75, 3.05) is 6.61 Å². The van der Waals surface area contributed by atoms with Gasteiger partial charge in [-0.25, -0.2) is 0 Å². The topological polar surface area (TPSA) is 58.6 Å². The third-order valence-corrected chi connectivity index (χ3v) is 6.14. The predicted octanol–water partition coefficient (Wildman–Crippen LogP) is 3.66. The van der Waals surface area contributed by atoms with Crippen molar-refractivity contribution >= 4 is 11.8 Å². The second kappa shape index (κ2) is 8.01. The normalized spacial score (nSPS) is 29.0. The summed E-state index contributed by atoms with van der Waals surface area (Å²) in [6, 6.07) is 7.08. The molecule has 1 aliphatic heterocycles. The van der Waals surface area contributed by atoms with Crippen molar-refractivity contribution in [1.82, 2.24) is 10.2 Å². The maximum absolute atomic E-state index is 13.4. The molecule has 5 heteroatoms. The van der Waals surface area contributed by atoms with Crippen LogP contribution in [0, 0.1) is 12.8 Å². The SMILES string of the molecule is CCC(C)NC(=O)C1COC2(CCC(C)CC2)N1C(=O)c1ccc(C)cc1. The van der Waals surface area contributed by atoms with Crippen LogP contribution in [0.1, 0.15) is 68.8 Å². The zero-order valence-corrected chi connectivity index (χ0v) is 17.0. The molecule has 1 N–H and O–H groups in total. The number of carbonyl (C=O) groups excluding carboxylic acids is 2. The fourth-order valence-corrected chi connectivity index (χ4v) is 4.06. The van der Waals surface area contributed by atoms with Crippen molar-refractivity contribution in [2.45, 2.75) is 77.6 Å². The molecule has 5 nitrogen and oxygen atoms in total. The summed E-state index contributed by atoms with van der Waals surface area (Å²) in [7, 11) is 0. The van der Waals surface area contributed by atoms with Crippen LogP contribution in [0.25, 0.3) is 0 Å². The number of aryl methyl sites for hydroxylation is 1. The maximum Gasteiger partial charge on any atom is 0.256 e. The van der Waals surface area contributed by atoms with Gasteiger partial charge in [-0.15, -0.1) is 0 Å². The highest BCUT2D eigenvalue weighted by molar-refractivity contribution is 5.98. The van der Waals surface area contributed by atoms with Gasteiger partial charge in [0.25, 0.3) is 5.91 Å². The van der Waals surface area contributed by atoms with Crippen molar-refractivity contribution in [1.29, 1.82) is 0 Å². The molecule has 2 fully saturated rings. The molecule has 1 aromatic carbocycles. The molecule has 0 radical (unpaired) electrons. The Morgan fingerprint density at radius 3 is 2.48 bits per heavy atom. The van der Waals surface area contributed by atoms with Crippen LogP contribution in [0.15, 0.2) is 24.3 Å². The molecule has 2 atom stereocenters. The summed E-state index contributed by atoms with van der Waals surface area (Å²) >= 11 is 0. The number of hydrogen-bond acceptors (Lipinski definition) is 3. The van der Waals surface area contributed by atoms with Crippen LogP contribution in [0.4, 0.5) is 0 Å². The molecule has 1 aliphatic carbocycles. The van der Waals surface area contributed by atoms with E-state index in [2.05, 4.69) is 12.2 Å². The molecule has 1 saturated heterocycles. The molecule has 0 aromatic heterocycles. The minimum absolute atomic E-state index is 0.0803. The minimum atomic E-state index is -0.647. The predicted molar refractivity (Wildman–Crippen MR) is 105 cm³/mol. The molecular weight excluding hydrogens is 340 g/mol. The number of amides is 2. The van der Waals surface area contributed by atoms with Crippen LogP contribution in [0.3, 0.4) is 0 Å².